The summed E-state index contributed by atoms with van der Waals surface area (Å²) in [5, 5.41) is 29.5. The lowest BCUT2D eigenvalue weighted by atomic mass is 10.1. The third-order valence-electron chi connectivity index (χ3n) is 2.23. The summed E-state index contributed by atoms with van der Waals surface area (Å²) in [6.45, 7) is -0.656. The first-order chi connectivity index (χ1) is 8.49. The van der Waals surface area contributed by atoms with E-state index in [4.69, 9.17) is 10.2 Å². The second kappa shape index (κ2) is 5.87. The Morgan fingerprint density at radius 2 is 2.11 bits per heavy atom. The molecule has 0 radical (unpaired) electrons. The van der Waals surface area contributed by atoms with Crippen molar-refractivity contribution < 1.29 is 29.6 Å². The fraction of sp³-hybridized carbons (Fsp3) is 0.273. The van der Waals surface area contributed by atoms with Crippen molar-refractivity contribution in [3.05, 3.63) is 23.8 Å². The standard InChI is InChI=1S/C11H13NO6/c1-18-11(17)6-2-3-9(14)7(4-6)12-8(5-13)10(15)16/h2-4,8,12-14H,5H2,1H3,(H,15,16). The van der Waals surface area contributed by atoms with E-state index >= 15 is 0 Å². The van der Waals surface area contributed by atoms with Gasteiger partial charge in [-0.15, -0.1) is 0 Å². The highest BCUT2D eigenvalue weighted by atomic mass is 16.5. The number of carbonyl (C=O) groups is 2. The number of esters is 1. The highest BCUT2D eigenvalue weighted by Crippen LogP contribution is 2.25. The Hall–Kier alpha value is -2.28. The van der Waals surface area contributed by atoms with Gasteiger partial charge >= 0.3 is 11.9 Å². The van der Waals surface area contributed by atoms with E-state index in [9.17, 15) is 14.7 Å². The lowest BCUT2D eigenvalue weighted by Crippen LogP contribution is -2.32. The number of carboxylic acids is 1. The number of hydrogen-bond acceptors (Lipinski definition) is 6. The quantitative estimate of drug-likeness (QED) is 0.433. The third kappa shape index (κ3) is 3.11. The summed E-state index contributed by atoms with van der Waals surface area (Å²) in [6.07, 6.45) is 0. The maximum absolute atomic E-state index is 11.3. The molecule has 1 atom stereocenters. The summed E-state index contributed by atoms with van der Waals surface area (Å²) in [5.74, 6) is -2.13. The molecular weight excluding hydrogens is 242 g/mol. The van der Waals surface area contributed by atoms with Crippen molar-refractivity contribution in [2.45, 2.75) is 6.04 Å². The molecule has 0 spiro atoms. The Morgan fingerprint density at radius 3 is 2.61 bits per heavy atom. The number of phenols is 1. The molecule has 0 bridgehead atoms. The predicted octanol–water partition coefficient (Wildman–Crippen LogP) is 0.0362. The highest BCUT2D eigenvalue weighted by Gasteiger charge is 2.18. The smallest absolute Gasteiger partial charge is 0.337 e. The molecule has 1 unspecified atom stereocenters. The van der Waals surface area contributed by atoms with Gasteiger partial charge in [-0.25, -0.2) is 9.59 Å². The number of methoxy groups -OCH3 is 1. The zero-order valence-corrected chi connectivity index (χ0v) is 9.58. The second-order valence-electron chi connectivity index (χ2n) is 3.44. The van der Waals surface area contributed by atoms with Gasteiger partial charge in [-0.05, 0) is 18.2 Å². The molecule has 1 aromatic carbocycles. The lowest BCUT2D eigenvalue weighted by molar-refractivity contribution is -0.138. The highest BCUT2D eigenvalue weighted by molar-refractivity contribution is 5.91. The number of hydrogen-bond donors (Lipinski definition) is 4. The number of aliphatic hydroxyl groups excluding tert-OH is 1. The molecular formula is C11H13NO6. The summed E-state index contributed by atoms with van der Waals surface area (Å²) < 4.78 is 4.50. The summed E-state index contributed by atoms with van der Waals surface area (Å²) in [4.78, 5) is 22.0. The first-order valence-electron chi connectivity index (χ1n) is 5.01. The maximum Gasteiger partial charge on any atom is 0.337 e. The molecule has 0 heterocycles. The zero-order chi connectivity index (χ0) is 13.7. The number of anilines is 1. The molecule has 0 amide bonds. The molecule has 18 heavy (non-hydrogen) atoms. The van der Waals surface area contributed by atoms with E-state index in [0.717, 1.165) is 0 Å². The maximum atomic E-state index is 11.3. The fourth-order valence-corrected chi connectivity index (χ4v) is 1.27. The molecule has 0 aliphatic rings. The number of aliphatic hydroxyl groups is 1. The minimum atomic E-state index is -1.28. The lowest BCUT2D eigenvalue weighted by Gasteiger charge is -2.14. The van der Waals surface area contributed by atoms with Crippen LogP contribution in [0, 0.1) is 0 Å². The topological polar surface area (TPSA) is 116 Å². The van der Waals surface area contributed by atoms with Gasteiger partial charge in [-0.1, -0.05) is 0 Å². The number of nitrogens with one attached hydrogen (secondary N) is 1. The van der Waals surface area contributed by atoms with Crippen LogP contribution in [0.4, 0.5) is 5.69 Å². The predicted molar refractivity (Wildman–Crippen MR) is 61.6 cm³/mol. The third-order valence-corrected chi connectivity index (χ3v) is 2.23. The van der Waals surface area contributed by atoms with Crippen LogP contribution in [0.25, 0.3) is 0 Å². The Balaban J connectivity index is 3.00. The van der Waals surface area contributed by atoms with E-state index in [1.807, 2.05) is 0 Å². The molecule has 0 aromatic heterocycles. The molecule has 0 fully saturated rings. The van der Waals surface area contributed by atoms with Crippen molar-refractivity contribution in [3.8, 4) is 5.75 Å². The van der Waals surface area contributed by atoms with E-state index in [2.05, 4.69) is 10.1 Å². The van der Waals surface area contributed by atoms with Gasteiger partial charge in [0.2, 0.25) is 0 Å². The summed E-state index contributed by atoms with van der Waals surface area (Å²) in [6, 6.07) is 2.53. The van der Waals surface area contributed by atoms with Gasteiger partial charge in [0.1, 0.15) is 11.8 Å². The Morgan fingerprint density at radius 1 is 1.44 bits per heavy atom. The minimum absolute atomic E-state index is 0.0272. The number of carbonyl (C=O) groups excluding carboxylic acids is 1. The van der Waals surface area contributed by atoms with E-state index in [-0.39, 0.29) is 17.0 Å². The molecule has 4 N–H and O–H groups in total. The molecule has 7 heteroatoms. The van der Waals surface area contributed by atoms with Crippen molar-refractivity contribution in [3.63, 3.8) is 0 Å². The number of carboxylic acid groups (broad SMARTS) is 1. The summed E-state index contributed by atoms with van der Waals surface area (Å²) >= 11 is 0. The van der Waals surface area contributed by atoms with Crippen molar-refractivity contribution in [1.82, 2.24) is 0 Å². The van der Waals surface area contributed by atoms with Crippen LogP contribution in [0.15, 0.2) is 18.2 Å². The van der Waals surface area contributed by atoms with Gasteiger partial charge in [0.15, 0.2) is 0 Å². The molecule has 0 saturated heterocycles. The number of aromatic hydroxyl groups is 1. The largest absolute Gasteiger partial charge is 0.506 e. The van der Waals surface area contributed by atoms with Crippen LogP contribution >= 0.6 is 0 Å². The summed E-state index contributed by atoms with van der Waals surface area (Å²) in [5.41, 5.74) is 0.180. The molecule has 0 aliphatic carbocycles. The van der Waals surface area contributed by atoms with Crippen LogP contribution in [0.1, 0.15) is 10.4 Å². The van der Waals surface area contributed by atoms with Gasteiger partial charge in [0.05, 0.1) is 25.0 Å². The van der Waals surface area contributed by atoms with E-state index in [0.29, 0.717) is 0 Å². The minimum Gasteiger partial charge on any atom is -0.506 e. The summed E-state index contributed by atoms with van der Waals surface area (Å²) in [7, 11) is 1.20. The first kappa shape index (κ1) is 13.8. The monoisotopic (exact) mass is 255 g/mol. The number of aliphatic carboxylic acids is 1. The van der Waals surface area contributed by atoms with Gasteiger partial charge in [0.25, 0.3) is 0 Å². The van der Waals surface area contributed by atoms with Gasteiger partial charge in [0, 0.05) is 0 Å². The van der Waals surface area contributed by atoms with Crippen LogP contribution in [-0.4, -0.2) is 47.0 Å². The van der Waals surface area contributed by atoms with Gasteiger partial charge < -0.3 is 25.4 Å². The second-order valence-corrected chi connectivity index (χ2v) is 3.44. The van der Waals surface area contributed by atoms with Crippen LogP contribution < -0.4 is 5.32 Å². The number of phenolic OH excluding ortho intramolecular Hbond substituents is 1. The van der Waals surface area contributed by atoms with E-state index in [1.165, 1.54) is 25.3 Å². The number of benzene rings is 1. The van der Waals surface area contributed by atoms with Gasteiger partial charge in [-0.2, -0.15) is 0 Å². The molecule has 7 nitrogen and oxygen atoms in total. The average Bonchev–Trinajstić information content (AvgIpc) is 2.36. The molecule has 1 aromatic rings. The average molecular weight is 255 g/mol. The zero-order valence-electron chi connectivity index (χ0n) is 9.58. The molecule has 98 valence electrons. The van der Waals surface area contributed by atoms with Crippen molar-refractivity contribution in [2.75, 3.05) is 19.0 Å². The Kier molecular flexibility index (Phi) is 4.50. The molecule has 0 aliphatic heterocycles. The Bertz CT molecular complexity index is 459. The first-order valence-corrected chi connectivity index (χ1v) is 5.01. The molecule has 0 saturated carbocycles. The number of ether oxygens (including phenoxy) is 1. The van der Waals surface area contributed by atoms with Gasteiger partial charge in [-0.3, -0.25) is 0 Å². The fourth-order valence-electron chi connectivity index (χ4n) is 1.27. The van der Waals surface area contributed by atoms with Crippen molar-refractivity contribution in [1.29, 1.82) is 0 Å². The van der Waals surface area contributed by atoms with E-state index < -0.39 is 24.6 Å². The van der Waals surface area contributed by atoms with Crippen LogP contribution in [0.3, 0.4) is 0 Å². The SMILES string of the molecule is COC(=O)c1ccc(O)c(NC(CO)C(=O)O)c1. The molecule has 1 rings (SSSR count). The van der Waals surface area contributed by atoms with E-state index in [1.54, 1.807) is 0 Å². The normalized spacial score (nSPS) is 11.7. The van der Waals surface area contributed by atoms with Crippen LogP contribution in [0.5, 0.6) is 5.75 Å². The van der Waals surface area contributed by atoms with Crippen LogP contribution in [0.2, 0.25) is 0 Å². The van der Waals surface area contributed by atoms with Crippen molar-refractivity contribution >= 4 is 17.6 Å². The Labute approximate surface area is 103 Å². The van der Waals surface area contributed by atoms with Crippen LogP contribution in [-0.2, 0) is 9.53 Å². The van der Waals surface area contributed by atoms with Crippen molar-refractivity contribution in [2.24, 2.45) is 0 Å². The number of rotatable bonds is 5.